The molecule has 0 aliphatic carbocycles. The predicted molar refractivity (Wildman–Crippen MR) is 88.4 cm³/mol. The first kappa shape index (κ1) is 24.3. The summed E-state index contributed by atoms with van der Waals surface area (Å²) in [5.41, 5.74) is -6.89. The molecule has 2 aromatic rings. The summed E-state index contributed by atoms with van der Waals surface area (Å²) in [6, 6.07) is 3.60. The SMILES string of the molecule is N#Cc1c(C(F)(F)F)cc(C2CC(c3ccnc(C(F)(F)F)c3)[O][Al][O]2)cc1C(F)(F)F. The number of hydrogen-bond acceptors (Lipinski definition) is 4. The van der Waals surface area contributed by atoms with Crippen LogP contribution in [-0.2, 0) is 26.1 Å². The monoisotopic (exact) mass is 483 g/mol. The van der Waals surface area contributed by atoms with Gasteiger partial charge in [-0.3, -0.25) is 4.98 Å². The van der Waals surface area contributed by atoms with Crippen LogP contribution in [0.4, 0.5) is 39.5 Å². The van der Waals surface area contributed by atoms with E-state index in [0.717, 1.165) is 12.3 Å². The number of hydrogen-bond donors (Lipinski definition) is 0. The lowest BCUT2D eigenvalue weighted by molar-refractivity contribution is -0.144. The molecule has 1 aliphatic rings. The van der Waals surface area contributed by atoms with Crippen molar-refractivity contribution < 1.29 is 47.1 Å². The van der Waals surface area contributed by atoms with E-state index in [4.69, 9.17) is 12.8 Å². The van der Waals surface area contributed by atoms with Gasteiger partial charge in [0, 0.05) is 12.6 Å². The first-order chi connectivity index (χ1) is 14.7. The minimum Gasteiger partial charge on any atom is -0.478 e. The van der Waals surface area contributed by atoms with Gasteiger partial charge >= 0.3 is 34.4 Å². The Kier molecular flexibility index (Phi) is 6.51. The fourth-order valence-corrected chi connectivity index (χ4v) is 3.99. The Labute approximate surface area is 180 Å². The summed E-state index contributed by atoms with van der Waals surface area (Å²) >= 11 is -1.41. The maximum absolute atomic E-state index is 13.4. The summed E-state index contributed by atoms with van der Waals surface area (Å²) in [6.45, 7) is 0. The minimum absolute atomic E-state index is 0.00569. The molecule has 1 radical (unpaired) electrons. The van der Waals surface area contributed by atoms with Crippen molar-refractivity contribution in [2.45, 2.75) is 37.2 Å². The Morgan fingerprint density at radius 3 is 1.84 bits per heavy atom. The van der Waals surface area contributed by atoms with Gasteiger partial charge in [0.05, 0.1) is 28.9 Å². The third-order valence-electron chi connectivity index (χ3n) is 4.57. The Balaban J connectivity index is 2.02. The molecule has 1 aromatic carbocycles. The first-order valence-electron chi connectivity index (χ1n) is 8.60. The third kappa shape index (κ3) is 5.18. The quantitative estimate of drug-likeness (QED) is 0.403. The van der Waals surface area contributed by atoms with Crippen LogP contribution in [-0.4, -0.2) is 20.9 Å². The summed E-state index contributed by atoms with van der Waals surface area (Å²) in [5, 5.41) is 8.91. The number of aromatic nitrogens is 1. The van der Waals surface area contributed by atoms with Crippen molar-refractivity contribution in [1.82, 2.24) is 4.98 Å². The van der Waals surface area contributed by atoms with E-state index in [1.165, 1.54) is 6.07 Å². The van der Waals surface area contributed by atoms with Crippen LogP contribution < -0.4 is 0 Å². The fourth-order valence-electron chi connectivity index (χ4n) is 3.12. The van der Waals surface area contributed by atoms with Gasteiger partial charge in [0.2, 0.25) is 0 Å². The molecule has 2 unspecified atom stereocenters. The van der Waals surface area contributed by atoms with Crippen molar-refractivity contribution in [2.24, 2.45) is 0 Å². The van der Waals surface area contributed by atoms with E-state index in [1.807, 2.05) is 0 Å². The Bertz CT molecular complexity index is 1010. The average Bonchev–Trinajstić information content (AvgIpc) is 2.71. The van der Waals surface area contributed by atoms with Crippen LogP contribution in [0.15, 0.2) is 30.5 Å². The van der Waals surface area contributed by atoms with Crippen LogP contribution in [0.3, 0.4) is 0 Å². The second kappa shape index (κ2) is 8.56. The van der Waals surface area contributed by atoms with E-state index >= 15 is 0 Å². The van der Waals surface area contributed by atoms with Gasteiger partial charge in [-0.1, -0.05) is 0 Å². The summed E-state index contributed by atoms with van der Waals surface area (Å²) in [6.07, 6.45) is -17.2. The second-order valence-corrected chi connectivity index (χ2v) is 7.39. The second-order valence-electron chi connectivity index (χ2n) is 6.65. The van der Waals surface area contributed by atoms with E-state index in [1.54, 1.807) is 0 Å². The van der Waals surface area contributed by atoms with Crippen molar-refractivity contribution in [1.29, 1.82) is 5.26 Å². The minimum atomic E-state index is -5.26. The summed E-state index contributed by atoms with van der Waals surface area (Å²) < 4.78 is 129. The number of benzene rings is 1. The van der Waals surface area contributed by atoms with Crippen LogP contribution in [0.5, 0.6) is 0 Å². The molecular weight excluding hydrogens is 474 g/mol. The van der Waals surface area contributed by atoms with Crippen LogP contribution in [0, 0.1) is 11.3 Å². The van der Waals surface area contributed by atoms with Gasteiger partial charge in [-0.05, 0) is 35.4 Å². The summed E-state index contributed by atoms with van der Waals surface area (Å²) in [7, 11) is 0. The maximum atomic E-state index is 13.4. The Morgan fingerprint density at radius 2 is 1.38 bits per heavy atom. The number of nitriles is 1. The normalized spacial score (nSPS) is 19.9. The zero-order valence-corrected chi connectivity index (χ0v) is 16.6. The molecule has 0 bridgehead atoms. The van der Waals surface area contributed by atoms with E-state index in [0.29, 0.717) is 18.2 Å². The van der Waals surface area contributed by atoms with E-state index < -0.39 is 74.6 Å². The van der Waals surface area contributed by atoms with Gasteiger partial charge in [0.15, 0.2) is 0 Å². The van der Waals surface area contributed by atoms with Gasteiger partial charge in [-0.2, -0.15) is 44.8 Å². The molecule has 2 heterocycles. The number of alkyl halides is 9. The average molecular weight is 483 g/mol. The van der Waals surface area contributed by atoms with Crippen LogP contribution in [0.2, 0.25) is 0 Å². The molecule has 0 spiro atoms. The third-order valence-corrected chi connectivity index (χ3v) is 5.45. The van der Waals surface area contributed by atoms with Gasteiger partial charge in [-0.25, -0.2) is 0 Å². The van der Waals surface area contributed by atoms with Crippen molar-refractivity contribution >= 4 is 15.9 Å². The van der Waals surface area contributed by atoms with Gasteiger partial charge < -0.3 is 7.58 Å². The maximum Gasteiger partial charge on any atom is 0.669 e. The highest BCUT2D eigenvalue weighted by Gasteiger charge is 2.43. The molecule has 32 heavy (non-hydrogen) atoms. The predicted octanol–water partition coefficient (Wildman–Crippen LogP) is 5.76. The Hall–Kier alpha value is -2.32. The van der Waals surface area contributed by atoms with Crippen LogP contribution in [0.1, 0.15) is 52.1 Å². The highest BCUT2D eigenvalue weighted by Crippen LogP contribution is 2.43. The van der Waals surface area contributed by atoms with Crippen molar-refractivity contribution in [3.63, 3.8) is 0 Å². The highest BCUT2D eigenvalue weighted by atomic mass is 27.2. The van der Waals surface area contributed by atoms with Crippen molar-refractivity contribution in [3.8, 4) is 6.07 Å². The molecule has 4 nitrogen and oxygen atoms in total. The number of rotatable bonds is 2. The molecule has 3 rings (SSSR count). The lowest BCUT2D eigenvalue weighted by atomic mass is 9.92. The molecular formula is C18H9AlF9N2O2. The van der Waals surface area contributed by atoms with Crippen molar-refractivity contribution in [3.05, 3.63) is 64.0 Å². The zero-order chi connectivity index (χ0) is 23.9. The standard InChI is InChI=1S/C18H9F9N2O2.Al/c19-16(20,21)11-3-9(4-12(10(11)7-28)17(22,23)24)14(31)6-13(30)8-1-2-29-15(5-8)18(25,26)27;/h1-5,13-14H,6H2;/q-2;+2. The first-order valence-corrected chi connectivity index (χ1v) is 9.54. The molecule has 1 aromatic heterocycles. The zero-order valence-electron chi connectivity index (χ0n) is 15.4. The molecule has 1 aliphatic heterocycles. The fraction of sp³-hybridized carbons (Fsp3) is 0.333. The molecule has 1 fully saturated rings. The van der Waals surface area contributed by atoms with Crippen LogP contribution >= 0.6 is 0 Å². The highest BCUT2D eigenvalue weighted by molar-refractivity contribution is 6.18. The largest absolute Gasteiger partial charge is 0.669 e. The lowest BCUT2D eigenvalue weighted by Crippen LogP contribution is -2.25. The van der Waals surface area contributed by atoms with Gasteiger partial charge in [-0.15, -0.1) is 0 Å². The summed E-state index contributed by atoms with van der Waals surface area (Å²) in [5.74, 6) is 0. The molecule has 0 N–H and O–H groups in total. The smallest absolute Gasteiger partial charge is 0.478 e. The van der Waals surface area contributed by atoms with E-state index in [9.17, 15) is 39.5 Å². The molecule has 2 atom stereocenters. The molecule has 1 saturated heterocycles. The molecule has 14 heteroatoms. The molecule has 0 saturated carbocycles. The number of nitrogens with zero attached hydrogens (tertiary/aromatic N) is 2. The topological polar surface area (TPSA) is 55.1 Å². The number of pyridine rings is 1. The van der Waals surface area contributed by atoms with Crippen LogP contribution in [0.25, 0.3) is 0 Å². The molecule has 0 amide bonds. The van der Waals surface area contributed by atoms with Gasteiger partial charge in [0.1, 0.15) is 11.8 Å². The molecule has 169 valence electrons. The van der Waals surface area contributed by atoms with E-state index in [2.05, 4.69) is 4.98 Å². The van der Waals surface area contributed by atoms with E-state index in [-0.39, 0.29) is 12.0 Å². The lowest BCUT2D eigenvalue weighted by Gasteiger charge is -2.32. The number of halogens is 9. The van der Waals surface area contributed by atoms with Gasteiger partial charge in [0.25, 0.3) is 0 Å². The Morgan fingerprint density at radius 1 is 0.844 bits per heavy atom. The van der Waals surface area contributed by atoms with Crippen molar-refractivity contribution in [2.75, 3.05) is 0 Å². The summed E-state index contributed by atoms with van der Waals surface area (Å²) in [4.78, 5) is 3.19.